The second kappa shape index (κ2) is 4.39. The van der Waals surface area contributed by atoms with Crippen LogP contribution in [0.2, 0.25) is 0 Å². The van der Waals surface area contributed by atoms with Crippen LogP contribution in [0.5, 0.6) is 5.75 Å². The van der Waals surface area contributed by atoms with Gasteiger partial charge >= 0.3 is 0 Å². The Labute approximate surface area is 85.5 Å². The number of rotatable bonds is 3. The number of benzene rings is 1. The number of methoxy groups -OCH3 is 1. The van der Waals surface area contributed by atoms with Gasteiger partial charge in [-0.05, 0) is 6.07 Å². The minimum Gasteiger partial charge on any atom is -0.496 e. The van der Waals surface area contributed by atoms with E-state index in [0.29, 0.717) is 5.56 Å². The fraction of sp³-hybridized carbons (Fsp3) is 0.222. The number of nitro groups is 1. The molecule has 0 saturated carbocycles. The van der Waals surface area contributed by atoms with E-state index in [0.717, 1.165) is 6.07 Å². The first-order chi connectivity index (χ1) is 7.13. The lowest BCUT2D eigenvalue weighted by Crippen LogP contribution is -1.98. The Balaban J connectivity index is 3.42. The number of nitrogens with zero attached hydrogens (tertiary/aromatic N) is 2. The Hall–Kier alpha value is -2.13. The van der Waals surface area contributed by atoms with Crippen LogP contribution in [0.15, 0.2) is 12.1 Å². The molecule has 78 valence electrons. The Morgan fingerprint density at radius 1 is 1.67 bits per heavy atom. The number of aliphatic hydroxyl groups is 1. The van der Waals surface area contributed by atoms with E-state index >= 15 is 0 Å². The van der Waals surface area contributed by atoms with Gasteiger partial charge in [0.1, 0.15) is 17.4 Å². The average molecular weight is 208 g/mol. The van der Waals surface area contributed by atoms with E-state index < -0.39 is 4.92 Å². The summed E-state index contributed by atoms with van der Waals surface area (Å²) < 4.78 is 4.85. The molecule has 0 heterocycles. The smallest absolute Gasteiger partial charge is 0.290 e. The fourth-order valence-electron chi connectivity index (χ4n) is 1.17. The first kappa shape index (κ1) is 10.9. The highest BCUT2D eigenvalue weighted by Crippen LogP contribution is 2.28. The van der Waals surface area contributed by atoms with Crippen molar-refractivity contribution in [3.63, 3.8) is 0 Å². The first-order valence-corrected chi connectivity index (χ1v) is 4.00. The van der Waals surface area contributed by atoms with Gasteiger partial charge < -0.3 is 9.84 Å². The van der Waals surface area contributed by atoms with E-state index in [1.807, 2.05) is 0 Å². The van der Waals surface area contributed by atoms with Crippen LogP contribution < -0.4 is 4.74 Å². The van der Waals surface area contributed by atoms with Gasteiger partial charge in [-0.3, -0.25) is 10.1 Å². The van der Waals surface area contributed by atoms with Crippen LogP contribution in [0.3, 0.4) is 0 Å². The third-order valence-electron chi connectivity index (χ3n) is 1.89. The Morgan fingerprint density at radius 2 is 2.33 bits per heavy atom. The summed E-state index contributed by atoms with van der Waals surface area (Å²) in [6.45, 7) is -0.337. The predicted octanol–water partition coefficient (Wildman–Crippen LogP) is 0.967. The van der Waals surface area contributed by atoms with Crippen LogP contribution in [0.4, 0.5) is 5.69 Å². The summed E-state index contributed by atoms with van der Waals surface area (Å²) in [5, 5.41) is 28.2. The molecule has 0 radical (unpaired) electrons. The third-order valence-corrected chi connectivity index (χ3v) is 1.89. The Morgan fingerprint density at radius 3 is 2.73 bits per heavy atom. The summed E-state index contributed by atoms with van der Waals surface area (Å²) >= 11 is 0. The molecule has 6 nitrogen and oxygen atoms in total. The summed E-state index contributed by atoms with van der Waals surface area (Å²) in [4.78, 5) is 9.92. The molecule has 6 heteroatoms. The van der Waals surface area contributed by atoms with E-state index in [2.05, 4.69) is 0 Å². The molecule has 1 aromatic carbocycles. The molecule has 0 fully saturated rings. The van der Waals surface area contributed by atoms with Crippen molar-refractivity contribution in [1.29, 1.82) is 5.26 Å². The molecule has 1 aromatic rings. The van der Waals surface area contributed by atoms with Crippen LogP contribution in [0, 0.1) is 21.4 Å². The first-order valence-electron chi connectivity index (χ1n) is 4.00. The molecule has 0 unspecified atom stereocenters. The molecule has 0 amide bonds. The van der Waals surface area contributed by atoms with Crippen molar-refractivity contribution in [2.75, 3.05) is 7.11 Å². The topological polar surface area (TPSA) is 96.4 Å². The van der Waals surface area contributed by atoms with Gasteiger partial charge in [0.15, 0.2) is 0 Å². The number of nitriles is 1. The van der Waals surface area contributed by atoms with Crippen molar-refractivity contribution in [2.45, 2.75) is 6.61 Å². The van der Waals surface area contributed by atoms with Gasteiger partial charge in [-0.25, -0.2) is 0 Å². The molecule has 0 bridgehead atoms. The van der Waals surface area contributed by atoms with E-state index in [4.69, 9.17) is 15.1 Å². The molecule has 0 aliphatic rings. The number of aliphatic hydroxyl groups excluding tert-OH is 1. The normalized spacial score (nSPS) is 9.40. The molecule has 0 aromatic heterocycles. The van der Waals surface area contributed by atoms with Gasteiger partial charge in [-0.2, -0.15) is 5.26 Å². The number of nitro benzene ring substituents is 1. The third kappa shape index (κ3) is 2.03. The van der Waals surface area contributed by atoms with Crippen LogP contribution in [-0.4, -0.2) is 17.1 Å². The predicted molar refractivity (Wildman–Crippen MR) is 50.3 cm³/mol. The monoisotopic (exact) mass is 208 g/mol. The maximum absolute atomic E-state index is 10.6. The SMILES string of the molecule is COc1cc([N+](=O)[O-])c(C#N)cc1CO. The maximum atomic E-state index is 10.6. The highest BCUT2D eigenvalue weighted by Gasteiger charge is 2.17. The van der Waals surface area contributed by atoms with Gasteiger partial charge in [0.2, 0.25) is 0 Å². The molecule has 0 spiro atoms. The lowest BCUT2D eigenvalue weighted by molar-refractivity contribution is -0.385. The van der Waals surface area contributed by atoms with Crippen molar-refractivity contribution < 1.29 is 14.8 Å². The molecular formula is C9H8N2O4. The van der Waals surface area contributed by atoms with Crippen molar-refractivity contribution in [3.8, 4) is 11.8 Å². The van der Waals surface area contributed by atoms with E-state index in [9.17, 15) is 10.1 Å². The van der Waals surface area contributed by atoms with E-state index in [1.54, 1.807) is 6.07 Å². The van der Waals surface area contributed by atoms with Crippen molar-refractivity contribution >= 4 is 5.69 Å². The average Bonchev–Trinajstić information content (AvgIpc) is 2.26. The van der Waals surface area contributed by atoms with Crippen LogP contribution in [0.25, 0.3) is 0 Å². The van der Waals surface area contributed by atoms with Crippen LogP contribution >= 0.6 is 0 Å². The van der Waals surface area contributed by atoms with Crippen LogP contribution in [-0.2, 0) is 6.61 Å². The second-order valence-electron chi connectivity index (χ2n) is 2.71. The molecule has 0 saturated heterocycles. The maximum Gasteiger partial charge on any atom is 0.290 e. The summed E-state index contributed by atoms with van der Waals surface area (Å²) in [6, 6.07) is 4.07. The molecular weight excluding hydrogens is 200 g/mol. The zero-order chi connectivity index (χ0) is 11.4. The minimum absolute atomic E-state index is 0.0927. The summed E-state index contributed by atoms with van der Waals surface area (Å²) in [6.07, 6.45) is 0. The van der Waals surface area contributed by atoms with Gasteiger partial charge in [0.25, 0.3) is 5.69 Å². The lowest BCUT2D eigenvalue weighted by atomic mass is 10.1. The van der Waals surface area contributed by atoms with Crippen LogP contribution in [0.1, 0.15) is 11.1 Å². The zero-order valence-electron chi connectivity index (χ0n) is 7.93. The molecule has 15 heavy (non-hydrogen) atoms. The number of hydrogen-bond acceptors (Lipinski definition) is 5. The van der Waals surface area contributed by atoms with Crippen molar-refractivity contribution in [1.82, 2.24) is 0 Å². The van der Waals surface area contributed by atoms with Gasteiger partial charge in [-0.15, -0.1) is 0 Å². The summed E-state index contributed by atoms with van der Waals surface area (Å²) in [5.41, 5.74) is -0.0731. The molecule has 0 aliphatic carbocycles. The molecule has 0 atom stereocenters. The summed E-state index contributed by atoms with van der Waals surface area (Å²) in [7, 11) is 1.34. The lowest BCUT2D eigenvalue weighted by Gasteiger charge is -2.06. The number of hydrogen-bond donors (Lipinski definition) is 1. The highest BCUT2D eigenvalue weighted by molar-refractivity contribution is 5.55. The molecule has 1 rings (SSSR count). The molecule has 0 aliphatic heterocycles. The van der Waals surface area contributed by atoms with Crippen molar-refractivity contribution in [2.24, 2.45) is 0 Å². The van der Waals surface area contributed by atoms with E-state index in [1.165, 1.54) is 13.2 Å². The van der Waals surface area contributed by atoms with Gasteiger partial charge in [0, 0.05) is 5.56 Å². The van der Waals surface area contributed by atoms with E-state index in [-0.39, 0.29) is 23.6 Å². The molecule has 1 N–H and O–H groups in total. The standard InChI is InChI=1S/C9H8N2O4/c1-15-9-3-8(11(13)14)6(4-10)2-7(9)5-12/h2-3,12H,5H2,1H3. The second-order valence-corrected chi connectivity index (χ2v) is 2.71. The number of ether oxygens (including phenoxy) is 1. The fourth-order valence-corrected chi connectivity index (χ4v) is 1.17. The quantitative estimate of drug-likeness (QED) is 0.589. The van der Waals surface area contributed by atoms with Gasteiger partial charge in [-0.1, -0.05) is 0 Å². The minimum atomic E-state index is -0.664. The largest absolute Gasteiger partial charge is 0.496 e. The zero-order valence-corrected chi connectivity index (χ0v) is 7.93. The Kier molecular flexibility index (Phi) is 3.21. The summed E-state index contributed by atoms with van der Waals surface area (Å²) in [5.74, 6) is 0.197. The Bertz CT molecular complexity index is 436. The van der Waals surface area contributed by atoms with Crippen molar-refractivity contribution in [3.05, 3.63) is 33.4 Å². The van der Waals surface area contributed by atoms with Gasteiger partial charge in [0.05, 0.1) is 24.7 Å². The highest BCUT2D eigenvalue weighted by atomic mass is 16.6.